The van der Waals surface area contributed by atoms with Gasteiger partial charge in [0.05, 0.1) is 24.6 Å². The lowest BCUT2D eigenvalue weighted by atomic mass is 10.3. The Morgan fingerprint density at radius 2 is 2.15 bits per heavy atom. The van der Waals surface area contributed by atoms with Crippen LogP contribution in [0.4, 0.5) is 0 Å². The highest BCUT2D eigenvalue weighted by Gasteiger charge is 2.12. The van der Waals surface area contributed by atoms with E-state index in [0.717, 1.165) is 56.6 Å². The second-order valence-corrected chi connectivity index (χ2v) is 6.48. The number of nitrogens with zero attached hydrogens (tertiary/aromatic N) is 3. The van der Waals surface area contributed by atoms with Gasteiger partial charge in [-0.3, -0.25) is 9.30 Å². The van der Waals surface area contributed by atoms with E-state index in [9.17, 15) is 0 Å². The molecule has 1 fully saturated rings. The van der Waals surface area contributed by atoms with Crippen molar-refractivity contribution < 1.29 is 4.74 Å². The van der Waals surface area contributed by atoms with Crippen molar-refractivity contribution >= 4 is 16.3 Å². The van der Waals surface area contributed by atoms with Crippen molar-refractivity contribution in [1.29, 1.82) is 0 Å². The van der Waals surface area contributed by atoms with Gasteiger partial charge in [0.2, 0.25) is 0 Å². The predicted molar refractivity (Wildman–Crippen MR) is 81.5 cm³/mol. The third-order valence-electron chi connectivity index (χ3n) is 3.74. The monoisotopic (exact) mass is 294 g/mol. The lowest BCUT2D eigenvalue weighted by Gasteiger charge is -2.26. The van der Waals surface area contributed by atoms with Gasteiger partial charge in [-0.2, -0.15) is 0 Å². The lowest BCUT2D eigenvalue weighted by molar-refractivity contribution is 0.0384. The Hall–Kier alpha value is -0.950. The topological polar surface area (TPSA) is 41.8 Å². The number of morpholine rings is 1. The maximum Gasteiger partial charge on any atom is 0.194 e. The number of fused-ring (bicyclic) bond motifs is 1. The Morgan fingerprint density at radius 3 is 2.95 bits per heavy atom. The van der Waals surface area contributed by atoms with Crippen molar-refractivity contribution in [2.75, 3.05) is 39.4 Å². The second kappa shape index (κ2) is 6.22. The van der Waals surface area contributed by atoms with Crippen molar-refractivity contribution in [1.82, 2.24) is 19.6 Å². The van der Waals surface area contributed by atoms with Gasteiger partial charge in [-0.05, 0) is 13.8 Å². The maximum atomic E-state index is 5.36. The molecule has 0 bridgehead atoms. The summed E-state index contributed by atoms with van der Waals surface area (Å²) in [5.41, 5.74) is 2.42. The first kappa shape index (κ1) is 14.0. The molecule has 2 aromatic rings. The normalized spacial score (nSPS) is 17.1. The summed E-state index contributed by atoms with van der Waals surface area (Å²) in [4.78, 5) is 9.47. The van der Waals surface area contributed by atoms with Crippen LogP contribution in [0.5, 0.6) is 0 Å². The fraction of sp³-hybridized carbons (Fsp3) is 0.643. The molecule has 0 saturated carbocycles. The van der Waals surface area contributed by atoms with Crippen LogP contribution < -0.4 is 5.32 Å². The number of hydrogen-bond acceptors (Lipinski definition) is 5. The van der Waals surface area contributed by atoms with Gasteiger partial charge >= 0.3 is 0 Å². The molecule has 0 atom stereocenters. The van der Waals surface area contributed by atoms with Gasteiger partial charge in [-0.15, -0.1) is 11.3 Å². The Labute approximate surface area is 123 Å². The lowest BCUT2D eigenvalue weighted by Crippen LogP contribution is -2.40. The molecule has 1 N–H and O–H groups in total. The Kier molecular flexibility index (Phi) is 4.35. The van der Waals surface area contributed by atoms with Gasteiger partial charge in [0.15, 0.2) is 4.96 Å². The highest BCUT2D eigenvalue weighted by Crippen LogP contribution is 2.20. The Balaban J connectivity index is 1.52. The van der Waals surface area contributed by atoms with Crippen LogP contribution in [0.2, 0.25) is 0 Å². The zero-order valence-corrected chi connectivity index (χ0v) is 13.0. The molecule has 6 heteroatoms. The summed E-state index contributed by atoms with van der Waals surface area (Å²) in [5.74, 6) is 0. The highest BCUT2D eigenvalue weighted by molar-refractivity contribution is 7.17. The molecule has 0 aliphatic carbocycles. The number of nitrogens with one attached hydrogen (secondary N) is 1. The summed E-state index contributed by atoms with van der Waals surface area (Å²) in [6.45, 7) is 11.1. The van der Waals surface area contributed by atoms with Gasteiger partial charge in [0.25, 0.3) is 0 Å². The molecule has 0 radical (unpaired) electrons. The van der Waals surface area contributed by atoms with Crippen LogP contribution in [-0.2, 0) is 11.3 Å². The van der Waals surface area contributed by atoms with E-state index in [1.54, 1.807) is 11.3 Å². The summed E-state index contributed by atoms with van der Waals surface area (Å²) in [6, 6.07) is 0. The molecule has 0 amide bonds. The van der Waals surface area contributed by atoms with E-state index in [0.29, 0.717) is 0 Å². The molecule has 0 unspecified atom stereocenters. The van der Waals surface area contributed by atoms with Crippen LogP contribution >= 0.6 is 11.3 Å². The van der Waals surface area contributed by atoms with Gasteiger partial charge in [0, 0.05) is 43.8 Å². The second-order valence-electron chi connectivity index (χ2n) is 5.27. The number of imidazole rings is 1. The zero-order valence-electron chi connectivity index (χ0n) is 12.2. The molecular formula is C14H22N4OS. The minimum Gasteiger partial charge on any atom is -0.379 e. The number of hydrogen-bond donors (Lipinski definition) is 1. The van der Waals surface area contributed by atoms with Gasteiger partial charge in [-0.1, -0.05) is 0 Å². The van der Waals surface area contributed by atoms with Crippen molar-refractivity contribution in [2.45, 2.75) is 20.4 Å². The first-order valence-corrected chi connectivity index (χ1v) is 8.00. The fourth-order valence-corrected chi connectivity index (χ4v) is 3.48. The van der Waals surface area contributed by atoms with E-state index in [2.05, 4.69) is 39.6 Å². The standard InChI is InChI=1S/C14H22N4OS/c1-11-10-18-13(12(2)16-14(18)20-11)9-15-3-4-17-5-7-19-8-6-17/h10,15H,3-9H2,1-2H3. The molecule has 1 saturated heterocycles. The Morgan fingerprint density at radius 1 is 1.35 bits per heavy atom. The quantitative estimate of drug-likeness (QED) is 0.847. The van der Waals surface area contributed by atoms with E-state index in [-0.39, 0.29) is 0 Å². The van der Waals surface area contributed by atoms with Gasteiger partial charge < -0.3 is 10.1 Å². The molecule has 3 heterocycles. The van der Waals surface area contributed by atoms with Crippen LogP contribution in [0.3, 0.4) is 0 Å². The van der Waals surface area contributed by atoms with Crippen LogP contribution in [-0.4, -0.2) is 53.7 Å². The average molecular weight is 294 g/mol. The number of aromatic nitrogens is 2. The van der Waals surface area contributed by atoms with E-state index in [1.165, 1.54) is 10.6 Å². The van der Waals surface area contributed by atoms with Crippen LogP contribution in [0.1, 0.15) is 16.3 Å². The molecule has 2 aromatic heterocycles. The van der Waals surface area contributed by atoms with Crippen molar-refractivity contribution in [3.05, 3.63) is 22.5 Å². The van der Waals surface area contributed by atoms with Crippen LogP contribution in [0.25, 0.3) is 4.96 Å². The summed E-state index contributed by atoms with van der Waals surface area (Å²) < 4.78 is 7.58. The number of thiazole rings is 1. The maximum absolute atomic E-state index is 5.36. The summed E-state index contributed by atoms with van der Waals surface area (Å²) in [5, 5.41) is 3.54. The molecule has 3 rings (SSSR count). The molecule has 110 valence electrons. The molecule has 0 spiro atoms. The molecule has 1 aliphatic rings. The molecular weight excluding hydrogens is 272 g/mol. The third kappa shape index (κ3) is 3.03. The van der Waals surface area contributed by atoms with E-state index in [1.807, 2.05) is 0 Å². The number of aryl methyl sites for hydroxylation is 2. The van der Waals surface area contributed by atoms with Crippen molar-refractivity contribution in [3.8, 4) is 0 Å². The largest absolute Gasteiger partial charge is 0.379 e. The molecule has 0 aromatic carbocycles. The van der Waals surface area contributed by atoms with Crippen LogP contribution in [0.15, 0.2) is 6.20 Å². The molecule has 1 aliphatic heterocycles. The van der Waals surface area contributed by atoms with Crippen molar-refractivity contribution in [3.63, 3.8) is 0 Å². The molecule has 5 nitrogen and oxygen atoms in total. The minimum absolute atomic E-state index is 0.872. The number of rotatable bonds is 5. The van der Waals surface area contributed by atoms with E-state index < -0.39 is 0 Å². The predicted octanol–water partition coefficient (Wildman–Crippen LogP) is 1.43. The fourth-order valence-electron chi connectivity index (χ4n) is 2.59. The Bertz CT molecular complexity index is 571. The smallest absolute Gasteiger partial charge is 0.194 e. The SMILES string of the molecule is Cc1cn2c(CNCCN3CCOCC3)c(C)nc2s1. The summed E-state index contributed by atoms with van der Waals surface area (Å²) >= 11 is 1.75. The minimum atomic E-state index is 0.872. The first-order valence-electron chi connectivity index (χ1n) is 7.19. The molecule has 20 heavy (non-hydrogen) atoms. The van der Waals surface area contributed by atoms with Crippen molar-refractivity contribution in [2.24, 2.45) is 0 Å². The average Bonchev–Trinajstić information content (AvgIpc) is 2.92. The van der Waals surface area contributed by atoms with E-state index >= 15 is 0 Å². The highest BCUT2D eigenvalue weighted by atomic mass is 32.1. The van der Waals surface area contributed by atoms with Crippen LogP contribution in [0, 0.1) is 13.8 Å². The van der Waals surface area contributed by atoms with E-state index in [4.69, 9.17) is 4.74 Å². The zero-order chi connectivity index (χ0) is 13.9. The van der Waals surface area contributed by atoms with Gasteiger partial charge in [0.1, 0.15) is 0 Å². The summed E-state index contributed by atoms with van der Waals surface area (Å²) in [6.07, 6.45) is 2.18. The third-order valence-corrected chi connectivity index (χ3v) is 4.64. The van der Waals surface area contributed by atoms with Gasteiger partial charge in [-0.25, -0.2) is 4.98 Å². The first-order chi connectivity index (χ1) is 9.74. The number of ether oxygens (including phenoxy) is 1. The summed E-state index contributed by atoms with van der Waals surface area (Å²) in [7, 11) is 0.